The second-order valence-corrected chi connectivity index (χ2v) is 16.9. The first-order chi connectivity index (χ1) is 29.5. The molecule has 13 nitrogen and oxygen atoms in total. The first-order valence-corrected chi connectivity index (χ1v) is 21.1. The van der Waals surface area contributed by atoms with Crippen molar-refractivity contribution in [1.82, 2.24) is 30.0 Å². The van der Waals surface area contributed by atoms with Gasteiger partial charge in [0.15, 0.2) is 5.69 Å². The molecule has 4 aromatic rings. The lowest BCUT2D eigenvalue weighted by molar-refractivity contribution is -0.136. The van der Waals surface area contributed by atoms with E-state index >= 15 is 0 Å². The molecule has 1 N–H and O–H groups in total. The SMILES string of the molecule is [C-]#[N+]c1cc(Cl)cc(C(C)(C)c2ccc(OCc3ccnc(N4CCN(C5CCN(CCC#Cc6cccc7c6C(=O)N(C6CCC(=O)NC6=O)C7=O)CC5)CC4)n3)cc2)c1. The van der Waals surface area contributed by atoms with Crippen molar-refractivity contribution in [1.29, 1.82) is 0 Å². The van der Waals surface area contributed by atoms with Gasteiger partial charge in [-0.05, 0) is 85.9 Å². The average Bonchev–Trinajstić information content (AvgIpc) is 3.53. The second-order valence-electron chi connectivity index (χ2n) is 16.4. The zero-order valence-corrected chi connectivity index (χ0v) is 35.1. The molecule has 61 heavy (non-hydrogen) atoms. The van der Waals surface area contributed by atoms with Gasteiger partial charge < -0.3 is 14.5 Å². The highest BCUT2D eigenvalue weighted by molar-refractivity contribution is 6.31. The number of piperazine rings is 1. The van der Waals surface area contributed by atoms with E-state index in [4.69, 9.17) is 27.9 Å². The van der Waals surface area contributed by atoms with Gasteiger partial charge in [0, 0.05) is 73.8 Å². The van der Waals surface area contributed by atoms with E-state index in [0.717, 1.165) is 92.1 Å². The zero-order valence-electron chi connectivity index (χ0n) is 34.3. The Morgan fingerprint density at radius 1 is 0.918 bits per heavy atom. The summed E-state index contributed by atoms with van der Waals surface area (Å²) in [5, 5.41) is 2.79. The van der Waals surface area contributed by atoms with E-state index in [0.29, 0.717) is 35.3 Å². The molecule has 1 atom stereocenters. The number of piperidine rings is 2. The number of halogens is 1. The fraction of sp³-hybridized carbons (Fsp3) is 0.383. The molecule has 4 aliphatic rings. The van der Waals surface area contributed by atoms with Crippen LogP contribution < -0.4 is 15.0 Å². The first-order valence-electron chi connectivity index (χ1n) is 20.8. The molecule has 0 spiro atoms. The number of nitrogens with zero attached hydrogens (tertiary/aromatic N) is 7. The van der Waals surface area contributed by atoms with Crippen molar-refractivity contribution >= 4 is 46.9 Å². The van der Waals surface area contributed by atoms with E-state index in [2.05, 4.69) is 55.5 Å². The van der Waals surface area contributed by atoms with Crippen molar-refractivity contribution in [3.63, 3.8) is 0 Å². The number of rotatable bonds is 10. The summed E-state index contributed by atoms with van der Waals surface area (Å²) in [4.78, 5) is 71.9. The molecule has 1 unspecified atom stereocenters. The summed E-state index contributed by atoms with van der Waals surface area (Å²) in [5.74, 6) is 5.69. The fourth-order valence-electron chi connectivity index (χ4n) is 8.69. The molecule has 0 bridgehead atoms. The molecule has 14 heteroatoms. The van der Waals surface area contributed by atoms with Crippen LogP contribution in [0, 0.1) is 18.4 Å². The van der Waals surface area contributed by atoms with Gasteiger partial charge in [-0.15, -0.1) is 0 Å². The number of carbonyl (C=O) groups excluding carboxylic acids is 4. The van der Waals surface area contributed by atoms with Gasteiger partial charge in [-0.2, -0.15) is 0 Å². The maximum Gasteiger partial charge on any atom is 0.263 e. The maximum absolute atomic E-state index is 13.4. The summed E-state index contributed by atoms with van der Waals surface area (Å²) in [7, 11) is 0. The molecule has 312 valence electrons. The number of imide groups is 2. The molecular weight excluding hydrogens is 792 g/mol. The highest BCUT2D eigenvalue weighted by atomic mass is 35.5. The van der Waals surface area contributed by atoms with Crippen LogP contribution in [0.1, 0.15) is 89.1 Å². The Kier molecular flexibility index (Phi) is 12.2. The van der Waals surface area contributed by atoms with Crippen molar-refractivity contribution in [3.8, 4) is 17.6 Å². The molecule has 3 fully saturated rings. The van der Waals surface area contributed by atoms with E-state index in [1.807, 2.05) is 42.5 Å². The summed E-state index contributed by atoms with van der Waals surface area (Å²) in [6, 6.07) is 19.9. The van der Waals surface area contributed by atoms with E-state index in [9.17, 15) is 19.2 Å². The third-order valence-electron chi connectivity index (χ3n) is 12.3. The summed E-state index contributed by atoms with van der Waals surface area (Å²) in [6.07, 6.45) is 4.77. The minimum atomic E-state index is -1.00. The van der Waals surface area contributed by atoms with Crippen molar-refractivity contribution < 1.29 is 23.9 Å². The Labute approximate surface area is 360 Å². The van der Waals surface area contributed by atoms with Gasteiger partial charge in [0.1, 0.15) is 18.4 Å². The number of ether oxygens (including phenoxy) is 1. The van der Waals surface area contributed by atoms with Gasteiger partial charge in [-0.25, -0.2) is 14.8 Å². The molecule has 3 aromatic carbocycles. The molecule has 8 rings (SSSR count). The summed E-state index contributed by atoms with van der Waals surface area (Å²) < 4.78 is 6.14. The van der Waals surface area contributed by atoms with Gasteiger partial charge in [0.05, 0.1) is 23.4 Å². The predicted molar refractivity (Wildman–Crippen MR) is 231 cm³/mol. The second kappa shape index (κ2) is 17.8. The monoisotopic (exact) mass is 838 g/mol. The van der Waals surface area contributed by atoms with Crippen LogP contribution >= 0.6 is 11.6 Å². The summed E-state index contributed by atoms with van der Waals surface area (Å²) in [6.45, 7) is 18.3. The van der Waals surface area contributed by atoms with Gasteiger partial charge in [0.2, 0.25) is 17.8 Å². The van der Waals surface area contributed by atoms with Crippen molar-refractivity contribution in [2.24, 2.45) is 0 Å². The van der Waals surface area contributed by atoms with Crippen LogP contribution in [0.15, 0.2) is 72.9 Å². The molecule has 4 aliphatic heterocycles. The standard InChI is InChI=1S/C47H47ClN8O5/c1-47(2,33-27-34(48)29-36(28-33)49-3)32-10-12-38(13-11-32)61-30-35-16-19-50-46(51-35)55-25-23-54(24-26-55)37-17-21-53(22-18-37)20-5-4-7-31-8-6-9-39-42(31)45(60)56(44(39)59)40-14-15-41(57)52-43(40)58/h6,8-13,16,19,27-29,37,40H,5,14-15,17-18,20-26,30H2,1-2H3,(H,52,57,58). The first kappa shape index (κ1) is 41.6. The zero-order chi connectivity index (χ0) is 42.7. The Balaban J connectivity index is 0.775. The molecule has 1 aromatic heterocycles. The Bertz CT molecular complexity index is 2460. The number of hydrogen-bond acceptors (Lipinski definition) is 10. The van der Waals surface area contributed by atoms with Crippen molar-refractivity contribution in [3.05, 3.63) is 123 Å². The highest BCUT2D eigenvalue weighted by Crippen LogP contribution is 2.36. The Morgan fingerprint density at radius 3 is 2.43 bits per heavy atom. The summed E-state index contributed by atoms with van der Waals surface area (Å²) >= 11 is 6.31. The van der Waals surface area contributed by atoms with Crippen LogP contribution in [-0.4, -0.2) is 106 Å². The van der Waals surface area contributed by atoms with Crippen LogP contribution in [0.4, 0.5) is 11.6 Å². The van der Waals surface area contributed by atoms with E-state index < -0.39 is 29.7 Å². The van der Waals surface area contributed by atoms with Gasteiger partial charge in [0.25, 0.3) is 11.8 Å². The average molecular weight is 839 g/mol. The van der Waals surface area contributed by atoms with E-state index in [1.165, 1.54) is 0 Å². The molecule has 0 radical (unpaired) electrons. The number of anilines is 1. The minimum absolute atomic E-state index is 0.0756. The third kappa shape index (κ3) is 9.01. The number of carbonyl (C=O) groups is 4. The lowest BCUT2D eigenvalue weighted by Gasteiger charge is -2.42. The van der Waals surface area contributed by atoms with Gasteiger partial charge >= 0.3 is 0 Å². The maximum atomic E-state index is 13.4. The minimum Gasteiger partial charge on any atom is -0.487 e. The Hall–Kier alpha value is -6.12. The van der Waals surface area contributed by atoms with Gasteiger partial charge in [-0.3, -0.25) is 34.3 Å². The normalized spacial score (nSPS) is 19.0. The number of nitrogens with one attached hydrogen (secondary N) is 1. The highest BCUT2D eigenvalue weighted by Gasteiger charge is 2.45. The quantitative estimate of drug-likeness (QED) is 0.115. The van der Waals surface area contributed by atoms with Crippen LogP contribution in [0.3, 0.4) is 0 Å². The van der Waals surface area contributed by atoms with Crippen LogP contribution in [0.2, 0.25) is 5.02 Å². The molecule has 5 heterocycles. The predicted octanol–water partition coefficient (Wildman–Crippen LogP) is 6.02. The van der Waals surface area contributed by atoms with Crippen LogP contribution in [0.25, 0.3) is 4.85 Å². The molecular formula is C47H47ClN8O5. The summed E-state index contributed by atoms with van der Waals surface area (Å²) in [5.41, 5.74) is 4.00. The van der Waals surface area contributed by atoms with Crippen molar-refractivity contribution in [2.45, 2.75) is 70.1 Å². The molecule has 0 aliphatic carbocycles. The van der Waals surface area contributed by atoms with Gasteiger partial charge in [-0.1, -0.05) is 61.6 Å². The number of likely N-dealkylation sites (tertiary alicyclic amines) is 1. The smallest absolute Gasteiger partial charge is 0.263 e. The van der Waals surface area contributed by atoms with E-state index in [1.54, 1.807) is 30.5 Å². The number of amides is 4. The lowest BCUT2D eigenvalue weighted by Crippen LogP contribution is -2.54. The number of fused-ring (bicyclic) bond motifs is 1. The van der Waals surface area contributed by atoms with Crippen molar-refractivity contribution in [2.75, 3.05) is 50.7 Å². The molecule has 4 amide bonds. The van der Waals surface area contributed by atoms with E-state index in [-0.39, 0.29) is 29.4 Å². The van der Waals surface area contributed by atoms with Crippen LogP contribution in [-0.2, 0) is 21.6 Å². The number of hydrogen-bond donors (Lipinski definition) is 1. The Morgan fingerprint density at radius 2 is 1.69 bits per heavy atom. The molecule has 0 saturated carbocycles. The number of benzene rings is 3. The largest absolute Gasteiger partial charge is 0.487 e. The third-order valence-corrected chi connectivity index (χ3v) is 12.5. The number of aromatic nitrogens is 2. The molecule has 3 saturated heterocycles. The topological polar surface area (TPSA) is 133 Å². The fourth-order valence-corrected chi connectivity index (χ4v) is 8.92. The lowest BCUT2D eigenvalue weighted by atomic mass is 9.78. The van der Waals surface area contributed by atoms with Crippen LogP contribution in [0.5, 0.6) is 5.75 Å².